The van der Waals surface area contributed by atoms with E-state index >= 15 is 0 Å². The third-order valence-electron chi connectivity index (χ3n) is 2.49. The Balaban J connectivity index is 2.71. The Kier molecular flexibility index (Phi) is 2.83. The lowest BCUT2D eigenvalue weighted by Gasteiger charge is -2.05. The van der Waals surface area contributed by atoms with Crippen LogP contribution in [0, 0.1) is 10.1 Å². The summed E-state index contributed by atoms with van der Waals surface area (Å²) in [6.07, 6.45) is 0. The summed E-state index contributed by atoms with van der Waals surface area (Å²) in [5.41, 5.74) is 1.10. The summed E-state index contributed by atoms with van der Waals surface area (Å²) in [6, 6.07) is 10.6. The van der Waals surface area contributed by atoms with E-state index in [0.29, 0.717) is 12.0 Å². The molecular weight excluding hydrogens is 206 g/mol. The van der Waals surface area contributed by atoms with Crippen molar-refractivity contribution in [1.29, 1.82) is 0 Å². The first-order chi connectivity index (χ1) is 7.74. The van der Waals surface area contributed by atoms with Gasteiger partial charge in [-0.3, -0.25) is 10.1 Å². The fraction of sp³-hybridized carbons (Fsp3) is 0.167. The quantitative estimate of drug-likeness (QED) is 0.586. The van der Waals surface area contributed by atoms with Crippen LogP contribution in [0.15, 0.2) is 36.4 Å². The Morgan fingerprint density at radius 3 is 2.50 bits per heavy atom. The molecule has 0 saturated heterocycles. The van der Waals surface area contributed by atoms with Crippen LogP contribution in [0.4, 0.5) is 5.69 Å². The van der Waals surface area contributed by atoms with E-state index in [2.05, 4.69) is 0 Å². The molecule has 0 fully saturated rings. The highest BCUT2D eigenvalue weighted by Crippen LogP contribution is 2.28. The third-order valence-corrected chi connectivity index (χ3v) is 2.49. The first kappa shape index (κ1) is 10.6. The minimum atomic E-state index is -0.362. The summed E-state index contributed by atoms with van der Waals surface area (Å²) in [5, 5.41) is 12.4. The standard InChI is InChI=1S/C12H11NO3/c1-16-8-9-6-7-12(13(14)15)11-5-3-2-4-10(9)11/h2-7H,8H2,1H3. The molecule has 0 bridgehead atoms. The molecule has 0 heterocycles. The number of methoxy groups -OCH3 is 1. The predicted octanol–water partition coefficient (Wildman–Crippen LogP) is 2.89. The number of benzene rings is 2. The first-order valence-corrected chi connectivity index (χ1v) is 4.88. The van der Waals surface area contributed by atoms with E-state index < -0.39 is 0 Å². The number of nitrogens with zero attached hydrogens (tertiary/aromatic N) is 1. The Labute approximate surface area is 92.6 Å². The molecule has 2 rings (SSSR count). The molecule has 0 radical (unpaired) electrons. The van der Waals surface area contributed by atoms with Crippen molar-refractivity contribution in [2.24, 2.45) is 0 Å². The fourth-order valence-corrected chi connectivity index (χ4v) is 1.79. The van der Waals surface area contributed by atoms with E-state index in [-0.39, 0.29) is 10.6 Å². The molecule has 2 aromatic rings. The van der Waals surface area contributed by atoms with Crippen LogP contribution >= 0.6 is 0 Å². The van der Waals surface area contributed by atoms with Gasteiger partial charge in [0.05, 0.1) is 16.9 Å². The minimum Gasteiger partial charge on any atom is -0.380 e. The molecule has 0 saturated carbocycles. The van der Waals surface area contributed by atoms with E-state index in [1.165, 1.54) is 6.07 Å². The molecule has 0 aliphatic carbocycles. The highest BCUT2D eigenvalue weighted by molar-refractivity contribution is 5.93. The van der Waals surface area contributed by atoms with Gasteiger partial charge in [-0.1, -0.05) is 18.2 Å². The summed E-state index contributed by atoms with van der Waals surface area (Å²) in [6.45, 7) is 0.457. The summed E-state index contributed by atoms with van der Waals surface area (Å²) >= 11 is 0. The zero-order valence-electron chi connectivity index (χ0n) is 8.84. The van der Waals surface area contributed by atoms with Crippen molar-refractivity contribution in [1.82, 2.24) is 0 Å². The Hall–Kier alpha value is -1.94. The molecule has 0 N–H and O–H groups in total. The zero-order valence-corrected chi connectivity index (χ0v) is 8.84. The van der Waals surface area contributed by atoms with Crippen molar-refractivity contribution in [2.45, 2.75) is 6.61 Å². The van der Waals surface area contributed by atoms with E-state index in [1.54, 1.807) is 25.3 Å². The van der Waals surface area contributed by atoms with Crippen LogP contribution in [0.5, 0.6) is 0 Å². The van der Waals surface area contributed by atoms with E-state index in [9.17, 15) is 10.1 Å². The van der Waals surface area contributed by atoms with Gasteiger partial charge in [-0.2, -0.15) is 0 Å². The number of ether oxygens (including phenoxy) is 1. The van der Waals surface area contributed by atoms with Crippen LogP contribution in [-0.4, -0.2) is 12.0 Å². The van der Waals surface area contributed by atoms with Gasteiger partial charge in [0.25, 0.3) is 5.69 Å². The molecule has 82 valence electrons. The number of non-ortho nitro benzene ring substituents is 1. The molecule has 0 aliphatic rings. The minimum absolute atomic E-state index is 0.135. The molecule has 2 aromatic carbocycles. The van der Waals surface area contributed by atoms with Crippen molar-refractivity contribution < 1.29 is 9.66 Å². The second-order valence-corrected chi connectivity index (χ2v) is 3.48. The molecule has 0 spiro atoms. The zero-order chi connectivity index (χ0) is 11.5. The molecule has 0 atom stereocenters. The van der Waals surface area contributed by atoms with Crippen molar-refractivity contribution in [3.63, 3.8) is 0 Å². The lowest BCUT2D eigenvalue weighted by molar-refractivity contribution is -0.383. The summed E-state index contributed by atoms with van der Waals surface area (Å²) in [5.74, 6) is 0. The van der Waals surface area contributed by atoms with Crippen LogP contribution in [0.1, 0.15) is 5.56 Å². The monoisotopic (exact) mass is 217 g/mol. The fourth-order valence-electron chi connectivity index (χ4n) is 1.79. The molecule has 4 heteroatoms. The highest BCUT2D eigenvalue weighted by Gasteiger charge is 2.13. The molecular formula is C12H11NO3. The lowest BCUT2D eigenvalue weighted by atomic mass is 10.0. The second-order valence-electron chi connectivity index (χ2n) is 3.48. The van der Waals surface area contributed by atoms with E-state index in [4.69, 9.17) is 4.74 Å². The maximum atomic E-state index is 10.9. The SMILES string of the molecule is COCc1ccc([N+](=O)[O-])c2ccccc12. The molecule has 0 unspecified atom stereocenters. The Morgan fingerprint density at radius 1 is 1.19 bits per heavy atom. The topological polar surface area (TPSA) is 52.4 Å². The molecule has 0 amide bonds. The van der Waals surface area contributed by atoms with Crippen molar-refractivity contribution >= 4 is 16.5 Å². The number of hydrogen-bond donors (Lipinski definition) is 0. The maximum absolute atomic E-state index is 10.9. The van der Waals surface area contributed by atoms with Gasteiger partial charge in [-0.25, -0.2) is 0 Å². The summed E-state index contributed by atoms with van der Waals surface area (Å²) in [4.78, 5) is 10.5. The van der Waals surface area contributed by atoms with Crippen LogP contribution < -0.4 is 0 Å². The van der Waals surface area contributed by atoms with Gasteiger partial charge in [-0.05, 0) is 23.1 Å². The van der Waals surface area contributed by atoms with Gasteiger partial charge < -0.3 is 4.74 Å². The molecule has 0 aliphatic heterocycles. The molecule has 4 nitrogen and oxygen atoms in total. The Morgan fingerprint density at radius 2 is 1.88 bits per heavy atom. The Bertz CT molecular complexity index is 537. The van der Waals surface area contributed by atoms with Gasteiger partial charge >= 0.3 is 0 Å². The van der Waals surface area contributed by atoms with Gasteiger partial charge in [0.15, 0.2) is 0 Å². The maximum Gasteiger partial charge on any atom is 0.277 e. The average Bonchev–Trinajstić information content (AvgIpc) is 2.29. The molecule has 16 heavy (non-hydrogen) atoms. The number of fused-ring (bicyclic) bond motifs is 1. The second kappa shape index (κ2) is 4.28. The van der Waals surface area contributed by atoms with Crippen LogP contribution in [0.3, 0.4) is 0 Å². The summed E-state index contributed by atoms with van der Waals surface area (Å²) < 4.78 is 5.07. The van der Waals surface area contributed by atoms with E-state index in [1.807, 2.05) is 12.1 Å². The van der Waals surface area contributed by atoms with Crippen molar-refractivity contribution in [3.05, 3.63) is 52.1 Å². The average molecular weight is 217 g/mol. The van der Waals surface area contributed by atoms with Crippen LogP contribution in [0.2, 0.25) is 0 Å². The normalized spacial score (nSPS) is 10.6. The third kappa shape index (κ3) is 1.75. The van der Waals surface area contributed by atoms with E-state index in [0.717, 1.165) is 10.9 Å². The largest absolute Gasteiger partial charge is 0.380 e. The van der Waals surface area contributed by atoms with Gasteiger partial charge in [0.2, 0.25) is 0 Å². The number of nitro benzene ring substituents is 1. The number of hydrogen-bond acceptors (Lipinski definition) is 3. The highest BCUT2D eigenvalue weighted by atomic mass is 16.6. The van der Waals surface area contributed by atoms with Gasteiger partial charge in [0, 0.05) is 13.2 Å². The summed E-state index contributed by atoms with van der Waals surface area (Å²) in [7, 11) is 1.61. The molecule has 0 aromatic heterocycles. The number of nitro groups is 1. The van der Waals surface area contributed by atoms with Gasteiger partial charge in [-0.15, -0.1) is 0 Å². The lowest BCUT2D eigenvalue weighted by Crippen LogP contribution is -1.94. The van der Waals surface area contributed by atoms with Gasteiger partial charge in [0.1, 0.15) is 0 Å². The van der Waals surface area contributed by atoms with Crippen molar-refractivity contribution in [3.8, 4) is 0 Å². The van der Waals surface area contributed by atoms with Crippen molar-refractivity contribution in [2.75, 3.05) is 7.11 Å². The van der Waals surface area contributed by atoms with Crippen LogP contribution in [0.25, 0.3) is 10.8 Å². The predicted molar refractivity (Wildman–Crippen MR) is 61.3 cm³/mol. The van der Waals surface area contributed by atoms with Crippen LogP contribution in [-0.2, 0) is 11.3 Å². The smallest absolute Gasteiger partial charge is 0.277 e. The first-order valence-electron chi connectivity index (χ1n) is 4.88. The number of rotatable bonds is 3.